The first kappa shape index (κ1) is 35.3. The van der Waals surface area contributed by atoms with Crippen LogP contribution in [0.25, 0.3) is 0 Å². The molecule has 2 aromatic rings. The first-order valence-corrected chi connectivity index (χ1v) is 18.0. The van der Waals surface area contributed by atoms with Gasteiger partial charge in [0.05, 0.1) is 35.9 Å². The average Bonchev–Trinajstić information content (AvgIpc) is 3.50. The van der Waals surface area contributed by atoms with E-state index in [1.165, 1.54) is 5.56 Å². The summed E-state index contributed by atoms with van der Waals surface area (Å²) in [5.74, 6) is 0.0224. The highest BCUT2D eigenvalue weighted by atomic mass is 32.2. The van der Waals surface area contributed by atoms with Gasteiger partial charge < -0.3 is 14.6 Å². The van der Waals surface area contributed by atoms with Crippen LogP contribution in [0.3, 0.4) is 0 Å². The van der Waals surface area contributed by atoms with Crippen molar-refractivity contribution in [2.75, 3.05) is 19.0 Å². The maximum absolute atomic E-state index is 13.3. The van der Waals surface area contributed by atoms with Crippen molar-refractivity contribution in [3.05, 3.63) is 65.7 Å². The zero-order chi connectivity index (χ0) is 31.2. The van der Waals surface area contributed by atoms with Crippen LogP contribution < -0.4 is 0 Å². The van der Waals surface area contributed by atoms with Gasteiger partial charge in [-0.2, -0.15) is 0 Å². The van der Waals surface area contributed by atoms with Gasteiger partial charge in [-0.15, -0.1) is 0 Å². The second-order valence-electron chi connectivity index (χ2n) is 13.0. The highest BCUT2D eigenvalue weighted by Crippen LogP contribution is 2.30. The first-order chi connectivity index (χ1) is 20.6. The van der Waals surface area contributed by atoms with Gasteiger partial charge in [0.1, 0.15) is 6.10 Å². The van der Waals surface area contributed by atoms with Crippen LogP contribution in [0.15, 0.2) is 59.5 Å². The third kappa shape index (κ3) is 12.4. The Morgan fingerprint density at radius 3 is 2.33 bits per heavy atom. The van der Waals surface area contributed by atoms with Crippen LogP contribution in [0.1, 0.15) is 90.2 Å². The minimum absolute atomic E-state index is 0.0469. The van der Waals surface area contributed by atoms with Crippen molar-refractivity contribution in [3.8, 4) is 0 Å². The molecule has 240 valence electrons. The summed E-state index contributed by atoms with van der Waals surface area (Å²) in [5.41, 5.74) is 2.32. The van der Waals surface area contributed by atoms with Crippen LogP contribution in [-0.4, -0.2) is 50.7 Å². The molecule has 5 unspecified atom stereocenters. The van der Waals surface area contributed by atoms with Gasteiger partial charge in [0.2, 0.25) is 0 Å². The van der Waals surface area contributed by atoms with Crippen molar-refractivity contribution in [1.82, 2.24) is 0 Å². The summed E-state index contributed by atoms with van der Waals surface area (Å²) < 4.78 is 37.5. The third-order valence-corrected chi connectivity index (χ3v) is 10.5. The van der Waals surface area contributed by atoms with Crippen LogP contribution >= 0.6 is 0 Å². The molecular weight excluding hydrogens is 560 g/mol. The van der Waals surface area contributed by atoms with Gasteiger partial charge in [-0.3, -0.25) is 4.79 Å². The molecule has 2 aromatic carbocycles. The van der Waals surface area contributed by atoms with Crippen molar-refractivity contribution < 1.29 is 27.8 Å². The molecule has 0 amide bonds. The quantitative estimate of drug-likeness (QED) is 0.168. The van der Waals surface area contributed by atoms with E-state index in [-0.39, 0.29) is 35.6 Å². The van der Waals surface area contributed by atoms with E-state index in [0.29, 0.717) is 56.1 Å². The van der Waals surface area contributed by atoms with Gasteiger partial charge in [-0.25, -0.2) is 8.42 Å². The lowest BCUT2D eigenvalue weighted by Crippen LogP contribution is -2.29. The van der Waals surface area contributed by atoms with Crippen LogP contribution in [0.2, 0.25) is 0 Å². The molecule has 5 atom stereocenters. The molecule has 0 spiro atoms. The molecule has 0 bridgehead atoms. The molecule has 1 saturated heterocycles. The van der Waals surface area contributed by atoms with Crippen molar-refractivity contribution >= 4 is 15.8 Å². The highest BCUT2D eigenvalue weighted by molar-refractivity contribution is 7.91. The fourth-order valence-corrected chi connectivity index (χ4v) is 7.46. The van der Waals surface area contributed by atoms with E-state index in [2.05, 4.69) is 32.9 Å². The fraction of sp³-hybridized carbons (Fsp3) is 0.639. The summed E-state index contributed by atoms with van der Waals surface area (Å²) in [7, 11) is -3.42. The number of ether oxygens (including phenoxy) is 2. The topological polar surface area (TPSA) is 89.9 Å². The number of unbranched alkanes of at least 4 members (excludes halogenated alkanes) is 1. The Kier molecular flexibility index (Phi) is 14.7. The van der Waals surface area contributed by atoms with Crippen LogP contribution in [-0.2, 0) is 36.9 Å². The summed E-state index contributed by atoms with van der Waals surface area (Å²) in [5, 5.41) is 11.6. The molecule has 43 heavy (non-hydrogen) atoms. The second kappa shape index (κ2) is 17.9. The summed E-state index contributed by atoms with van der Waals surface area (Å²) >= 11 is 0. The molecular formula is C36H54O6S. The molecule has 1 aliphatic heterocycles. The van der Waals surface area contributed by atoms with Crippen molar-refractivity contribution in [2.24, 2.45) is 23.7 Å². The van der Waals surface area contributed by atoms with Gasteiger partial charge in [-0.1, -0.05) is 76.6 Å². The number of aliphatic hydroxyl groups is 1. The second-order valence-corrected chi connectivity index (χ2v) is 15.1. The highest BCUT2D eigenvalue weighted by Gasteiger charge is 2.28. The molecule has 0 saturated carbocycles. The predicted molar refractivity (Wildman–Crippen MR) is 173 cm³/mol. The molecule has 1 heterocycles. The monoisotopic (exact) mass is 614 g/mol. The summed E-state index contributed by atoms with van der Waals surface area (Å²) in [6.45, 7) is 9.43. The van der Waals surface area contributed by atoms with Crippen molar-refractivity contribution in [3.63, 3.8) is 0 Å². The number of aryl methyl sites for hydroxylation is 1. The van der Waals surface area contributed by atoms with E-state index < -0.39 is 15.9 Å². The number of benzene rings is 2. The lowest BCUT2D eigenvalue weighted by Gasteiger charge is -2.29. The van der Waals surface area contributed by atoms with Crippen molar-refractivity contribution in [2.45, 2.75) is 109 Å². The van der Waals surface area contributed by atoms with E-state index in [4.69, 9.17) is 9.47 Å². The Labute approximate surface area is 260 Å². The summed E-state index contributed by atoms with van der Waals surface area (Å²) in [6.07, 6.45) is 7.07. The lowest BCUT2D eigenvalue weighted by molar-refractivity contribution is -0.153. The number of sulfone groups is 1. The van der Waals surface area contributed by atoms with E-state index in [1.54, 1.807) is 12.1 Å². The zero-order valence-corrected chi connectivity index (χ0v) is 27.6. The predicted octanol–water partition coefficient (Wildman–Crippen LogP) is 7.21. The smallest absolute Gasteiger partial charge is 0.309 e. The molecule has 6 nitrogen and oxygen atoms in total. The van der Waals surface area contributed by atoms with E-state index in [9.17, 15) is 18.3 Å². The van der Waals surface area contributed by atoms with Crippen LogP contribution in [0, 0.1) is 23.7 Å². The minimum Gasteiger partial charge on any atom is -0.460 e. The number of hydrogen-bond donors (Lipinski definition) is 1. The number of carbonyl (C=O) groups excluding carboxylic acids is 1. The van der Waals surface area contributed by atoms with Crippen LogP contribution in [0.4, 0.5) is 0 Å². The van der Waals surface area contributed by atoms with Crippen molar-refractivity contribution in [1.29, 1.82) is 0 Å². The molecule has 1 N–H and O–H groups in total. The van der Waals surface area contributed by atoms with Gasteiger partial charge in [0.25, 0.3) is 0 Å². The van der Waals surface area contributed by atoms with Crippen LogP contribution in [0.5, 0.6) is 0 Å². The molecule has 1 fully saturated rings. The number of esters is 1. The standard InChI is InChI=1S/C36H54O6S/c1-5-6-10-29-14-17-34(18-15-29)43(39,40)22-20-31(23-27(2)3)25-35(37)32(24-30-11-8-7-9-12-30)16-13-28(4)36(38)42-33-19-21-41-26-33/h7-9,11-12,14-15,17-18,27-28,31-33,35,37H,5-6,10,13,16,19-26H2,1-4H3. The Morgan fingerprint density at radius 1 is 0.977 bits per heavy atom. The maximum atomic E-state index is 13.3. The Balaban J connectivity index is 1.64. The third-order valence-electron chi connectivity index (χ3n) is 8.70. The zero-order valence-electron chi connectivity index (χ0n) is 26.7. The molecule has 1 aliphatic rings. The molecule has 3 rings (SSSR count). The molecule has 0 radical (unpaired) electrons. The van der Waals surface area contributed by atoms with Gasteiger partial charge in [0.15, 0.2) is 9.84 Å². The minimum atomic E-state index is -3.42. The Hall–Kier alpha value is -2.22. The van der Waals surface area contributed by atoms with Gasteiger partial charge in [-0.05, 0) is 92.4 Å². The van der Waals surface area contributed by atoms with E-state index in [1.807, 2.05) is 37.3 Å². The normalized spacial score (nSPS) is 18.3. The fourth-order valence-electron chi connectivity index (χ4n) is 6.03. The summed E-state index contributed by atoms with van der Waals surface area (Å²) in [4.78, 5) is 13.1. The largest absolute Gasteiger partial charge is 0.460 e. The Bertz CT molecular complexity index is 1170. The number of rotatable bonds is 19. The molecule has 0 aliphatic carbocycles. The first-order valence-electron chi connectivity index (χ1n) is 16.4. The average molecular weight is 615 g/mol. The van der Waals surface area contributed by atoms with Gasteiger partial charge >= 0.3 is 5.97 Å². The lowest BCUT2D eigenvalue weighted by atomic mass is 9.81. The summed E-state index contributed by atoms with van der Waals surface area (Å²) in [6, 6.07) is 17.5. The molecule has 7 heteroatoms. The maximum Gasteiger partial charge on any atom is 0.309 e. The number of hydrogen-bond acceptors (Lipinski definition) is 6. The Morgan fingerprint density at radius 2 is 1.70 bits per heavy atom. The van der Waals surface area contributed by atoms with E-state index >= 15 is 0 Å². The molecule has 0 aromatic heterocycles. The number of aliphatic hydroxyl groups excluding tert-OH is 1. The van der Waals surface area contributed by atoms with Gasteiger partial charge in [0, 0.05) is 6.42 Å². The number of carbonyl (C=O) groups is 1. The van der Waals surface area contributed by atoms with E-state index in [0.717, 1.165) is 37.7 Å². The SMILES string of the molecule is CCCCc1ccc(S(=O)(=O)CCC(CC(C)C)CC(O)C(CCC(C)C(=O)OC2CCOC2)Cc2ccccc2)cc1.